The van der Waals surface area contributed by atoms with E-state index in [2.05, 4.69) is 45.6 Å². The SMILES string of the molecule is Cc1cc(C)cc(C(=O)Nc2ccnn2Cc2ccc(N(C)C)cc2)c1. The Morgan fingerprint density at radius 2 is 1.69 bits per heavy atom. The van der Waals surface area contributed by atoms with Gasteiger partial charge >= 0.3 is 0 Å². The van der Waals surface area contributed by atoms with Crippen molar-refractivity contribution in [3.8, 4) is 0 Å². The van der Waals surface area contributed by atoms with Gasteiger partial charge in [0, 0.05) is 31.4 Å². The zero-order valence-corrected chi connectivity index (χ0v) is 15.7. The molecule has 0 unspecified atom stereocenters. The Balaban J connectivity index is 1.75. The molecule has 0 fully saturated rings. The van der Waals surface area contributed by atoms with E-state index in [0.717, 1.165) is 22.4 Å². The maximum atomic E-state index is 12.6. The van der Waals surface area contributed by atoms with Gasteiger partial charge in [-0.3, -0.25) is 4.79 Å². The van der Waals surface area contributed by atoms with E-state index >= 15 is 0 Å². The van der Waals surface area contributed by atoms with Gasteiger partial charge in [-0.15, -0.1) is 0 Å². The standard InChI is InChI=1S/C21H24N4O/c1-15-11-16(2)13-18(12-15)21(26)23-20-9-10-22-25(20)14-17-5-7-19(8-6-17)24(3)4/h5-13H,14H2,1-4H3,(H,23,26). The predicted molar refractivity (Wildman–Crippen MR) is 106 cm³/mol. The number of hydrogen-bond donors (Lipinski definition) is 1. The predicted octanol–water partition coefficient (Wildman–Crippen LogP) is 3.87. The minimum Gasteiger partial charge on any atom is -0.378 e. The molecule has 0 saturated heterocycles. The lowest BCUT2D eigenvalue weighted by atomic mass is 10.1. The Morgan fingerprint density at radius 1 is 1.04 bits per heavy atom. The normalized spacial score (nSPS) is 10.6. The number of nitrogens with one attached hydrogen (secondary N) is 1. The van der Waals surface area contributed by atoms with Crippen molar-refractivity contribution >= 4 is 17.4 Å². The molecule has 0 aliphatic rings. The highest BCUT2D eigenvalue weighted by Crippen LogP contribution is 2.16. The molecular weight excluding hydrogens is 324 g/mol. The quantitative estimate of drug-likeness (QED) is 0.761. The Kier molecular flexibility index (Phi) is 5.07. The molecule has 5 nitrogen and oxygen atoms in total. The van der Waals surface area contributed by atoms with Crippen LogP contribution in [-0.2, 0) is 6.54 Å². The van der Waals surface area contributed by atoms with Crippen molar-refractivity contribution < 1.29 is 4.79 Å². The van der Waals surface area contributed by atoms with Crippen molar-refractivity contribution in [2.75, 3.05) is 24.3 Å². The molecule has 0 aliphatic carbocycles. The van der Waals surface area contributed by atoms with Crippen LogP contribution >= 0.6 is 0 Å². The maximum Gasteiger partial charge on any atom is 0.256 e. The summed E-state index contributed by atoms with van der Waals surface area (Å²) in [6, 6.07) is 16.0. The fraction of sp³-hybridized carbons (Fsp3) is 0.238. The van der Waals surface area contributed by atoms with Crippen molar-refractivity contribution in [3.05, 3.63) is 77.0 Å². The highest BCUT2D eigenvalue weighted by atomic mass is 16.1. The first kappa shape index (κ1) is 17.7. The number of rotatable bonds is 5. The first-order valence-electron chi connectivity index (χ1n) is 8.60. The van der Waals surface area contributed by atoms with Crippen molar-refractivity contribution in [1.82, 2.24) is 9.78 Å². The van der Waals surface area contributed by atoms with E-state index in [1.165, 1.54) is 0 Å². The molecule has 3 aromatic rings. The van der Waals surface area contributed by atoms with Crippen LogP contribution in [0.5, 0.6) is 0 Å². The number of carbonyl (C=O) groups excluding carboxylic acids is 1. The summed E-state index contributed by atoms with van der Waals surface area (Å²) in [6.07, 6.45) is 1.70. The zero-order valence-electron chi connectivity index (χ0n) is 15.7. The van der Waals surface area contributed by atoms with Gasteiger partial charge in [-0.1, -0.05) is 29.3 Å². The summed E-state index contributed by atoms with van der Waals surface area (Å²) in [4.78, 5) is 14.6. The molecule has 2 aromatic carbocycles. The molecule has 26 heavy (non-hydrogen) atoms. The van der Waals surface area contributed by atoms with E-state index in [9.17, 15) is 4.79 Å². The van der Waals surface area contributed by atoms with E-state index in [0.29, 0.717) is 17.9 Å². The summed E-state index contributed by atoms with van der Waals surface area (Å²) in [6.45, 7) is 4.58. The second kappa shape index (κ2) is 7.44. The average Bonchev–Trinajstić information content (AvgIpc) is 3.01. The largest absolute Gasteiger partial charge is 0.378 e. The van der Waals surface area contributed by atoms with Crippen LogP contribution in [0.15, 0.2) is 54.7 Å². The van der Waals surface area contributed by atoms with E-state index in [4.69, 9.17) is 0 Å². The molecule has 0 atom stereocenters. The number of benzene rings is 2. The number of hydrogen-bond acceptors (Lipinski definition) is 3. The van der Waals surface area contributed by atoms with Crippen molar-refractivity contribution in [2.45, 2.75) is 20.4 Å². The van der Waals surface area contributed by atoms with Gasteiger partial charge in [-0.25, -0.2) is 4.68 Å². The molecule has 0 aliphatic heterocycles. The molecule has 0 spiro atoms. The minimum atomic E-state index is -0.124. The van der Waals surface area contributed by atoms with Gasteiger partial charge in [-0.2, -0.15) is 5.10 Å². The van der Waals surface area contributed by atoms with E-state index < -0.39 is 0 Å². The van der Waals surface area contributed by atoms with Gasteiger partial charge in [0.15, 0.2) is 0 Å². The van der Waals surface area contributed by atoms with Crippen molar-refractivity contribution in [3.63, 3.8) is 0 Å². The molecule has 0 radical (unpaired) electrons. The molecule has 1 heterocycles. The van der Waals surface area contributed by atoms with E-state index in [1.54, 1.807) is 10.9 Å². The second-order valence-electron chi connectivity index (χ2n) is 6.77. The Hall–Kier alpha value is -3.08. The maximum absolute atomic E-state index is 12.6. The van der Waals surface area contributed by atoms with Crippen molar-refractivity contribution in [1.29, 1.82) is 0 Å². The van der Waals surface area contributed by atoms with Crippen LogP contribution in [0.3, 0.4) is 0 Å². The van der Waals surface area contributed by atoms with Gasteiger partial charge in [0.2, 0.25) is 0 Å². The molecule has 1 N–H and O–H groups in total. The molecule has 1 aromatic heterocycles. The summed E-state index contributed by atoms with van der Waals surface area (Å²) < 4.78 is 1.80. The zero-order chi connectivity index (χ0) is 18.7. The Bertz CT molecular complexity index is 890. The monoisotopic (exact) mass is 348 g/mol. The van der Waals surface area contributed by atoms with Crippen LogP contribution in [0.2, 0.25) is 0 Å². The van der Waals surface area contributed by atoms with Crippen LogP contribution < -0.4 is 10.2 Å². The molecular formula is C21H24N4O. The summed E-state index contributed by atoms with van der Waals surface area (Å²) in [5, 5.41) is 7.31. The Labute approximate surface area is 154 Å². The number of aromatic nitrogens is 2. The molecule has 3 rings (SSSR count). The van der Waals surface area contributed by atoms with Crippen LogP contribution in [0.25, 0.3) is 0 Å². The fourth-order valence-electron chi connectivity index (χ4n) is 2.93. The highest BCUT2D eigenvalue weighted by molar-refractivity contribution is 6.04. The van der Waals surface area contributed by atoms with Crippen LogP contribution in [0.1, 0.15) is 27.0 Å². The summed E-state index contributed by atoms with van der Waals surface area (Å²) in [5.74, 6) is 0.562. The number of anilines is 2. The van der Waals surface area contributed by atoms with Gasteiger partial charge in [0.1, 0.15) is 5.82 Å². The van der Waals surface area contributed by atoms with Crippen LogP contribution in [-0.4, -0.2) is 29.8 Å². The third-order valence-corrected chi connectivity index (χ3v) is 4.23. The Morgan fingerprint density at radius 3 is 2.31 bits per heavy atom. The van der Waals surface area contributed by atoms with E-state index in [-0.39, 0.29) is 5.91 Å². The highest BCUT2D eigenvalue weighted by Gasteiger charge is 2.11. The van der Waals surface area contributed by atoms with Gasteiger partial charge in [0.25, 0.3) is 5.91 Å². The summed E-state index contributed by atoms with van der Waals surface area (Å²) in [7, 11) is 4.03. The molecule has 0 saturated carbocycles. The topological polar surface area (TPSA) is 50.2 Å². The van der Waals surface area contributed by atoms with Gasteiger partial charge in [-0.05, 0) is 43.7 Å². The van der Waals surface area contributed by atoms with Gasteiger partial charge < -0.3 is 10.2 Å². The minimum absolute atomic E-state index is 0.124. The lowest BCUT2D eigenvalue weighted by molar-refractivity contribution is 0.102. The number of amides is 1. The van der Waals surface area contributed by atoms with E-state index in [1.807, 2.05) is 46.1 Å². The lowest BCUT2D eigenvalue weighted by Gasteiger charge is -2.13. The first-order chi connectivity index (χ1) is 12.4. The average molecular weight is 348 g/mol. The molecule has 5 heteroatoms. The third kappa shape index (κ3) is 4.11. The fourth-order valence-corrected chi connectivity index (χ4v) is 2.93. The summed E-state index contributed by atoms with van der Waals surface area (Å²) in [5.41, 5.74) is 5.08. The second-order valence-corrected chi connectivity index (χ2v) is 6.77. The van der Waals surface area contributed by atoms with Crippen LogP contribution in [0, 0.1) is 13.8 Å². The van der Waals surface area contributed by atoms with Gasteiger partial charge in [0.05, 0.1) is 12.7 Å². The molecule has 0 bridgehead atoms. The smallest absolute Gasteiger partial charge is 0.256 e. The third-order valence-electron chi connectivity index (χ3n) is 4.23. The first-order valence-corrected chi connectivity index (χ1v) is 8.60. The molecule has 1 amide bonds. The lowest BCUT2D eigenvalue weighted by Crippen LogP contribution is -2.16. The molecule has 134 valence electrons. The van der Waals surface area contributed by atoms with Crippen LogP contribution in [0.4, 0.5) is 11.5 Å². The summed E-state index contributed by atoms with van der Waals surface area (Å²) >= 11 is 0. The number of nitrogens with zero attached hydrogens (tertiary/aromatic N) is 3. The number of carbonyl (C=O) groups is 1. The number of aryl methyl sites for hydroxylation is 2. The van der Waals surface area contributed by atoms with Crippen molar-refractivity contribution in [2.24, 2.45) is 0 Å².